The van der Waals surface area contributed by atoms with Gasteiger partial charge in [-0.1, -0.05) is 0 Å². The van der Waals surface area contributed by atoms with E-state index < -0.39 is 0 Å². The molecule has 3 rings (SSSR count). The largest absolute Gasteiger partial charge is 0.469 e. The van der Waals surface area contributed by atoms with Gasteiger partial charge < -0.3 is 29.3 Å². The number of ether oxygens (including phenoxy) is 3. The molecule has 28 heavy (non-hydrogen) atoms. The van der Waals surface area contributed by atoms with Crippen molar-refractivity contribution >= 4 is 29.9 Å². The van der Waals surface area contributed by atoms with Crippen LogP contribution in [0.1, 0.15) is 31.4 Å². The summed E-state index contributed by atoms with van der Waals surface area (Å²) < 4.78 is 22.1. The van der Waals surface area contributed by atoms with Crippen molar-refractivity contribution in [3.8, 4) is 0 Å². The molecule has 2 unspecified atom stereocenters. The van der Waals surface area contributed by atoms with Gasteiger partial charge in [0.25, 0.3) is 0 Å². The molecule has 1 aromatic heterocycles. The minimum absolute atomic E-state index is 0. The number of nitrogens with one attached hydrogen (secondary N) is 2. The van der Waals surface area contributed by atoms with Gasteiger partial charge in [0.2, 0.25) is 0 Å². The number of furan rings is 1. The minimum Gasteiger partial charge on any atom is -0.469 e. The van der Waals surface area contributed by atoms with Gasteiger partial charge in [0.15, 0.2) is 5.96 Å². The van der Waals surface area contributed by atoms with Crippen LogP contribution in [0.4, 0.5) is 0 Å². The van der Waals surface area contributed by atoms with E-state index in [1.54, 1.807) is 6.26 Å². The smallest absolute Gasteiger partial charge is 0.191 e. The molecule has 7 nitrogen and oxygen atoms in total. The van der Waals surface area contributed by atoms with E-state index in [4.69, 9.17) is 23.6 Å². The van der Waals surface area contributed by atoms with Crippen LogP contribution < -0.4 is 10.6 Å². The number of guanidine groups is 1. The van der Waals surface area contributed by atoms with Crippen molar-refractivity contribution in [1.29, 1.82) is 0 Å². The highest BCUT2D eigenvalue weighted by molar-refractivity contribution is 14.0. The van der Waals surface area contributed by atoms with Gasteiger partial charge in [-0.05, 0) is 37.8 Å². The van der Waals surface area contributed by atoms with Crippen LogP contribution in [0.5, 0.6) is 0 Å². The minimum atomic E-state index is 0. The lowest BCUT2D eigenvalue weighted by molar-refractivity contribution is 0.0168. The Kier molecular flexibility index (Phi) is 11.9. The molecule has 2 atom stereocenters. The topological polar surface area (TPSA) is 77.3 Å². The molecule has 2 N–H and O–H groups in total. The zero-order valence-electron chi connectivity index (χ0n) is 16.6. The summed E-state index contributed by atoms with van der Waals surface area (Å²) in [6, 6.07) is 3.91. The van der Waals surface area contributed by atoms with Crippen LogP contribution in [0.15, 0.2) is 27.8 Å². The Morgan fingerprint density at radius 3 is 2.89 bits per heavy atom. The summed E-state index contributed by atoms with van der Waals surface area (Å²) in [5.41, 5.74) is 0. The van der Waals surface area contributed by atoms with Crippen molar-refractivity contribution in [2.24, 2.45) is 10.9 Å². The van der Waals surface area contributed by atoms with Crippen LogP contribution in [-0.2, 0) is 20.6 Å². The highest BCUT2D eigenvalue weighted by atomic mass is 127. The van der Waals surface area contributed by atoms with Crippen molar-refractivity contribution in [3.63, 3.8) is 0 Å². The molecule has 0 aliphatic carbocycles. The molecule has 0 bridgehead atoms. The molecule has 160 valence electrons. The van der Waals surface area contributed by atoms with E-state index in [0.29, 0.717) is 18.6 Å². The number of aliphatic imine (C=N–C) groups is 1. The lowest BCUT2D eigenvalue weighted by atomic mass is 10.1. The second-order valence-corrected chi connectivity index (χ2v) is 7.17. The van der Waals surface area contributed by atoms with Gasteiger partial charge in [0.05, 0.1) is 25.6 Å². The number of hydrogen-bond donors (Lipinski definition) is 2. The quantitative estimate of drug-likeness (QED) is 0.208. The Morgan fingerprint density at radius 2 is 2.14 bits per heavy atom. The van der Waals surface area contributed by atoms with E-state index in [9.17, 15) is 0 Å². The van der Waals surface area contributed by atoms with Crippen molar-refractivity contribution in [1.82, 2.24) is 10.6 Å². The van der Waals surface area contributed by atoms with Crippen molar-refractivity contribution in [3.05, 3.63) is 24.2 Å². The van der Waals surface area contributed by atoms with Gasteiger partial charge in [-0.3, -0.25) is 4.99 Å². The van der Waals surface area contributed by atoms with Crippen LogP contribution in [0.3, 0.4) is 0 Å². The Hall–Kier alpha value is -0.840. The predicted molar refractivity (Wildman–Crippen MR) is 119 cm³/mol. The molecule has 2 fully saturated rings. The van der Waals surface area contributed by atoms with E-state index in [1.165, 1.54) is 0 Å². The first-order valence-electron chi connectivity index (χ1n) is 10.2. The average molecular weight is 507 g/mol. The first kappa shape index (κ1) is 23.4. The molecule has 0 spiro atoms. The molecule has 0 amide bonds. The lowest BCUT2D eigenvalue weighted by Gasteiger charge is -2.14. The molecule has 2 saturated heterocycles. The fourth-order valence-electron chi connectivity index (χ4n) is 3.25. The Morgan fingerprint density at radius 1 is 1.21 bits per heavy atom. The summed E-state index contributed by atoms with van der Waals surface area (Å²) >= 11 is 0. The van der Waals surface area contributed by atoms with Gasteiger partial charge in [-0.25, -0.2) is 0 Å². The molecule has 0 aromatic carbocycles. The lowest BCUT2D eigenvalue weighted by Crippen LogP contribution is -2.39. The van der Waals surface area contributed by atoms with Crippen LogP contribution in [0, 0.1) is 5.92 Å². The molecular formula is C20H34IN3O4. The van der Waals surface area contributed by atoms with E-state index >= 15 is 0 Å². The van der Waals surface area contributed by atoms with Crippen LogP contribution >= 0.6 is 24.0 Å². The molecule has 0 saturated carbocycles. The maximum absolute atomic E-state index is 5.72. The maximum Gasteiger partial charge on any atom is 0.191 e. The first-order chi connectivity index (χ1) is 13.4. The Bertz CT molecular complexity index is 530. The third kappa shape index (κ3) is 9.11. The van der Waals surface area contributed by atoms with Crippen molar-refractivity contribution < 1.29 is 18.6 Å². The van der Waals surface area contributed by atoms with Gasteiger partial charge in [-0.2, -0.15) is 0 Å². The molecule has 2 aliphatic heterocycles. The second-order valence-electron chi connectivity index (χ2n) is 7.17. The SMILES string of the molecule is I.c1coc(CCNC(=NCC2CCOC2)NCCCOCC2CCCO2)c1. The molecule has 3 heterocycles. The number of nitrogens with zero attached hydrogens (tertiary/aromatic N) is 1. The zero-order valence-corrected chi connectivity index (χ0v) is 18.9. The monoisotopic (exact) mass is 507 g/mol. The summed E-state index contributed by atoms with van der Waals surface area (Å²) in [4.78, 5) is 4.73. The van der Waals surface area contributed by atoms with E-state index in [0.717, 1.165) is 89.9 Å². The third-order valence-electron chi connectivity index (χ3n) is 4.86. The maximum atomic E-state index is 5.72. The van der Waals surface area contributed by atoms with Crippen molar-refractivity contribution in [2.75, 3.05) is 52.7 Å². The summed E-state index contributed by atoms with van der Waals surface area (Å²) in [6.45, 7) is 6.43. The third-order valence-corrected chi connectivity index (χ3v) is 4.86. The summed E-state index contributed by atoms with van der Waals surface area (Å²) in [6.07, 6.45) is 7.17. The van der Waals surface area contributed by atoms with E-state index in [1.807, 2.05) is 12.1 Å². The highest BCUT2D eigenvalue weighted by Gasteiger charge is 2.16. The van der Waals surface area contributed by atoms with Crippen LogP contribution in [-0.4, -0.2) is 64.7 Å². The summed E-state index contributed by atoms with van der Waals surface area (Å²) in [5.74, 6) is 2.37. The molecule has 1 aromatic rings. The van der Waals surface area contributed by atoms with Gasteiger partial charge in [0, 0.05) is 51.8 Å². The second kappa shape index (κ2) is 14.2. The Labute approximate surface area is 185 Å². The Balaban J connectivity index is 0.00000280. The molecule has 0 radical (unpaired) electrons. The van der Waals surface area contributed by atoms with Crippen molar-refractivity contribution in [2.45, 2.75) is 38.2 Å². The van der Waals surface area contributed by atoms with Gasteiger partial charge >= 0.3 is 0 Å². The average Bonchev–Trinajstić information content (AvgIpc) is 3.45. The fraction of sp³-hybridized carbons (Fsp3) is 0.750. The normalized spacial score (nSPS) is 22.2. The highest BCUT2D eigenvalue weighted by Crippen LogP contribution is 2.12. The summed E-state index contributed by atoms with van der Waals surface area (Å²) in [5, 5.41) is 6.80. The number of rotatable bonds is 11. The zero-order chi connectivity index (χ0) is 18.6. The van der Waals surface area contributed by atoms with Gasteiger partial charge in [-0.15, -0.1) is 24.0 Å². The molecule has 8 heteroatoms. The molecule has 2 aliphatic rings. The fourth-order valence-corrected chi connectivity index (χ4v) is 3.25. The van der Waals surface area contributed by atoms with Crippen LogP contribution in [0.2, 0.25) is 0 Å². The van der Waals surface area contributed by atoms with E-state index in [2.05, 4.69) is 10.6 Å². The predicted octanol–water partition coefficient (Wildman–Crippen LogP) is 2.60. The van der Waals surface area contributed by atoms with Crippen LogP contribution in [0.25, 0.3) is 0 Å². The molecular weight excluding hydrogens is 473 g/mol. The first-order valence-corrected chi connectivity index (χ1v) is 10.2. The summed E-state index contributed by atoms with van der Waals surface area (Å²) in [7, 11) is 0. The number of hydrogen-bond acceptors (Lipinski definition) is 5. The van der Waals surface area contributed by atoms with Gasteiger partial charge in [0.1, 0.15) is 5.76 Å². The number of halogens is 1. The standard InChI is InChI=1S/C20H33N3O4.HI/c1-4-18(26-11-1)6-9-22-20(23-14-17-7-13-25-15-17)21-8-3-10-24-16-19-5-2-12-27-19;/h1,4,11,17,19H,2-3,5-10,12-16H2,(H2,21,22,23);1H. The van der Waals surface area contributed by atoms with E-state index in [-0.39, 0.29) is 24.0 Å².